The van der Waals surface area contributed by atoms with Crippen LogP contribution >= 0.6 is 15.9 Å². The van der Waals surface area contributed by atoms with Crippen LogP contribution < -0.4 is 16.6 Å². The third-order valence-corrected chi connectivity index (χ3v) is 8.55. The van der Waals surface area contributed by atoms with E-state index in [2.05, 4.69) is 46.2 Å². The summed E-state index contributed by atoms with van der Waals surface area (Å²) in [6.45, 7) is 2.04. The standard InChI is InChI=1S/C25H22BrN7O3/c1-9-12-5-25(36,21-18(9)32-24(27)33-21)22(34)20-17(12)14(7-29-20)16-8-30-19(23(35)31-16)13-6-28-15-4-10(26)2-3-11(13)15/h2-4,6-9,12,17,20,28-29,36H,5H2,1H3,(H,31,35)(H3,27,32,33)/t9-,12-,17?,20?,25-/m0/s1. The second-order valence-electron chi connectivity index (χ2n) is 9.90. The number of nitrogens with zero attached hydrogens (tertiary/aromatic N) is 2. The van der Waals surface area contributed by atoms with E-state index in [1.807, 2.05) is 25.1 Å². The maximum atomic E-state index is 13.5. The highest BCUT2D eigenvalue weighted by molar-refractivity contribution is 9.10. The van der Waals surface area contributed by atoms with E-state index in [9.17, 15) is 14.7 Å². The number of fused-ring (bicyclic) bond motifs is 7. The highest BCUT2D eigenvalue weighted by atomic mass is 79.9. The molecule has 2 aliphatic carbocycles. The van der Waals surface area contributed by atoms with Crippen LogP contribution in [-0.4, -0.2) is 41.9 Å². The maximum absolute atomic E-state index is 13.5. The lowest BCUT2D eigenvalue weighted by atomic mass is 9.57. The Morgan fingerprint density at radius 3 is 2.89 bits per heavy atom. The Morgan fingerprint density at radius 1 is 1.25 bits per heavy atom. The molecule has 1 aliphatic heterocycles. The molecular formula is C25H22BrN7O3. The van der Waals surface area contributed by atoms with E-state index >= 15 is 0 Å². The molecule has 0 amide bonds. The van der Waals surface area contributed by atoms with Gasteiger partial charge in [-0.05, 0) is 30.0 Å². The fourth-order valence-electron chi connectivity index (χ4n) is 6.36. The molecule has 0 saturated heterocycles. The molecule has 0 spiro atoms. The summed E-state index contributed by atoms with van der Waals surface area (Å²) in [6.07, 6.45) is 5.42. The minimum absolute atomic E-state index is 0.0292. The van der Waals surface area contributed by atoms with Gasteiger partial charge in [0.15, 0.2) is 17.3 Å². The molecule has 2 bridgehead atoms. The van der Waals surface area contributed by atoms with Crippen LogP contribution in [-0.2, 0) is 10.4 Å². The van der Waals surface area contributed by atoms with Gasteiger partial charge in [-0.25, -0.2) is 9.97 Å². The first-order valence-corrected chi connectivity index (χ1v) is 12.5. The zero-order valence-corrected chi connectivity index (χ0v) is 20.7. The van der Waals surface area contributed by atoms with E-state index in [-0.39, 0.29) is 41.5 Å². The van der Waals surface area contributed by atoms with E-state index in [0.717, 1.165) is 20.9 Å². The number of rotatable bonds is 2. The van der Waals surface area contributed by atoms with Crippen molar-refractivity contribution in [3.05, 3.63) is 68.7 Å². The summed E-state index contributed by atoms with van der Waals surface area (Å²) in [6, 6.07) is 5.17. The van der Waals surface area contributed by atoms with E-state index in [1.54, 1.807) is 18.6 Å². The number of anilines is 1. The number of benzene rings is 1. The van der Waals surface area contributed by atoms with Gasteiger partial charge in [0.05, 0.1) is 17.9 Å². The largest absolute Gasteiger partial charge is 0.380 e. The normalized spacial score (nSPS) is 28.5. The summed E-state index contributed by atoms with van der Waals surface area (Å²) >= 11 is 3.46. The SMILES string of the molecule is C[C@@H]1c2[nH]c(N)nc2[C@@]2(O)C[C@@H]1C1C(c3cnc(-c4c[nH]c5cc(Br)ccc45)c(=O)[nH]3)=CNC1C2=O. The van der Waals surface area contributed by atoms with Gasteiger partial charge in [-0.1, -0.05) is 28.9 Å². The lowest BCUT2D eigenvalue weighted by Crippen LogP contribution is -2.59. The van der Waals surface area contributed by atoms with E-state index < -0.39 is 11.6 Å². The number of ketones is 1. The molecular weight excluding hydrogens is 526 g/mol. The Balaban J connectivity index is 1.28. The van der Waals surface area contributed by atoms with Crippen LogP contribution in [0.15, 0.2) is 46.1 Å². The number of aliphatic hydroxyl groups is 1. The van der Waals surface area contributed by atoms with Gasteiger partial charge < -0.3 is 31.1 Å². The molecule has 3 aromatic heterocycles. The van der Waals surface area contributed by atoms with Gasteiger partial charge in [0, 0.05) is 50.9 Å². The van der Waals surface area contributed by atoms with Crippen LogP contribution in [0, 0.1) is 11.8 Å². The second-order valence-corrected chi connectivity index (χ2v) is 10.8. The van der Waals surface area contributed by atoms with Crippen molar-refractivity contribution in [3.63, 3.8) is 0 Å². The van der Waals surface area contributed by atoms with Crippen molar-refractivity contribution < 1.29 is 9.90 Å². The van der Waals surface area contributed by atoms with Crippen molar-refractivity contribution in [2.45, 2.75) is 30.9 Å². The topological polar surface area (TPSA) is 166 Å². The highest BCUT2D eigenvalue weighted by Crippen LogP contribution is 2.56. The molecule has 7 rings (SSSR count). The highest BCUT2D eigenvalue weighted by Gasteiger charge is 2.61. The summed E-state index contributed by atoms with van der Waals surface area (Å²) in [7, 11) is 0. The van der Waals surface area contributed by atoms with Gasteiger partial charge in [-0.15, -0.1) is 0 Å². The zero-order chi connectivity index (χ0) is 24.9. The van der Waals surface area contributed by atoms with Crippen LogP contribution in [0.3, 0.4) is 0 Å². The monoisotopic (exact) mass is 547 g/mol. The number of nitrogen functional groups attached to an aromatic ring is 1. The smallest absolute Gasteiger partial charge is 0.275 e. The Morgan fingerprint density at radius 2 is 2.08 bits per heavy atom. The molecule has 1 saturated carbocycles. The van der Waals surface area contributed by atoms with Crippen LogP contribution in [0.4, 0.5) is 5.95 Å². The first-order valence-electron chi connectivity index (χ1n) is 11.7. The van der Waals surface area contributed by atoms with Crippen LogP contribution in [0.1, 0.15) is 36.3 Å². The van der Waals surface area contributed by atoms with E-state index in [0.29, 0.717) is 28.3 Å². The van der Waals surface area contributed by atoms with Crippen LogP contribution in [0.2, 0.25) is 0 Å². The predicted molar refractivity (Wildman–Crippen MR) is 137 cm³/mol. The Labute approximate surface area is 212 Å². The fraction of sp³-hybridized carbons (Fsp3) is 0.280. The van der Waals surface area contributed by atoms with Crippen molar-refractivity contribution in [3.8, 4) is 11.3 Å². The van der Waals surface area contributed by atoms with Gasteiger partial charge in [0.2, 0.25) is 0 Å². The Hall–Kier alpha value is -3.70. The molecule has 0 radical (unpaired) electrons. The molecule has 1 aromatic carbocycles. The van der Waals surface area contributed by atoms with E-state index in [4.69, 9.17) is 5.73 Å². The Kier molecular flexibility index (Phi) is 4.30. The predicted octanol–water partition coefficient (Wildman–Crippen LogP) is 2.51. The van der Waals surface area contributed by atoms with Crippen molar-refractivity contribution in [2.75, 3.05) is 5.73 Å². The number of hydrogen-bond donors (Lipinski definition) is 6. The summed E-state index contributed by atoms with van der Waals surface area (Å²) < 4.78 is 0.937. The number of Topliss-reactive ketones (excluding diaryl/α,β-unsaturated/α-hetero) is 1. The molecule has 4 heterocycles. The van der Waals surface area contributed by atoms with Gasteiger partial charge in [0.1, 0.15) is 11.4 Å². The quantitative estimate of drug-likeness (QED) is 0.224. The second kappa shape index (κ2) is 7.17. The minimum atomic E-state index is -1.70. The third-order valence-electron chi connectivity index (χ3n) is 8.05. The molecule has 36 heavy (non-hydrogen) atoms. The number of nitrogens with two attached hydrogens (primary N) is 1. The number of H-pyrrole nitrogens is 3. The number of halogens is 1. The van der Waals surface area contributed by atoms with Gasteiger partial charge in [0.25, 0.3) is 5.56 Å². The Bertz CT molecular complexity index is 1680. The summed E-state index contributed by atoms with van der Waals surface area (Å²) in [5.74, 6) is -0.519. The van der Waals surface area contributed by atoms with Crippen molar-refractivity contribution in [1.82, 2.24) is 30.2 Å². The molecule has 10 nitrogen and oxygen atoms in total. The lowest BCUT2D eigenvalue weighted by Gasteiger charge is -2.48. The molecule has 1 fully saturated rings. The molecule has 11 heteroatoms. The molecule has 5 atom stereocenters. The number of imidazole rings is 1. The lowest BCUT2D eigenvalue weighted by molar-refractivity contribution is -0.152. The molecule has 2 unspecified atom stereocenters. The minimum Gasteiger partial charge on any atom is -0.380 e. The van der Waals surface area contributed by atoms with Crippen LogP contribution in [0.5, 0.6) is 0 Å². The first-order chi connectivity index (χ1) is 17.3. The van der Waals surface area contributed by atoms with Crippen molar-refractivity contribution in [2.24, 2.45) is 11.8 Å². The number of hydrogen-bond acceptors (Lipinski definition) is 7. The summed E-state index contributed by atoms with van der Waals surface area (Å²) in [5.41, 5.74) is 8.15. The fourth-order valence-corrected chi connectivity index (χ4v) is 6.72. The van der Waals surface area contributed by atoms with Crippen molar-refractivity contribution in [1.29, 1.82) is 0 Å². The van der Waals surface area contributed by atoms with Crippen molar-refractivity contribution >= 4 is 44.1 Å². The number of carbonyl (C=O) groups excluding carboxylic acids is 1. The average molecular weight is 548 g/mol. The summed E-state index contributed by atoms with van der Waals surface area (Å²) in [5, 5.41) is 15.5. The first kappa shape index (κ1) is 21.6. The van der Waals surface area contributed by atoms with Crippen LogP contribution in [0.25, 0.3) is 27.7 Å². The maximum Gasteiger partial charge on any atom is 0.275 e. The molecule has 3 aliphatic rings. The average Bonchev–Trinajstić information content (AvgIpc) is 3.57. The molecule has 7 N–H and O–H groups in total. The van der Waals surface area contributed by atoms with Gasteiger partial charge in [-0.3, -0.25) is 9.59 Å². The number of nitrogens with one attached hydrogen (secondary N) is 4. The van der Waals surface area contributed by atoms with Gasteiger partial charge in [-0.2, -0.15) is 0 Å². The zero-order valence-electron chi connectivity index (χ0n) is 19.1. The number of aromatic nitrogens is 5. The third kappa shape index (κ3) is 2.75. The number of carbonyl (C=O) groups is 1. The molecule has 4 aromatic rings. The van der Waals surface area contributed by atoms with Gasteiger partial charge >= 0.3 is 0 Å². The number of aromatic amines is 3. The summed E-state index contributed by atoms with van der Waals surface area (Å²) in [4.78, 5) is 44.7. The van der Waals surface area contributed by atoms with E-state index in [1.165, 1.54) is 0 Å². The molecule has 182 valence electrons.